The van der Waals surface area contributed by atoms with Crippen LogP contribution < -0.4 is 5.73 Å². The molecule has 0 amide bonds. The molecular weight excluding hydrogens is 232 g/mol. The highest BCUT2D eigenvalue weighted by Gasteiger charge is 2.34. The quantitative estimate of drug-likeness (QED) is 0.902. The van der Waals surface area contributed by atoms with Crippen molar-refractivity contribution in [1.29, 1.82) is 0 Å². The Morgan fingerprint density at radius 3 is 2.26 bits per heavy atom. The van der Waals surface area contributed by atoms with Crippen molar-refractivity contribution in [1.82, 2.24) is 4.90 Å². The first-order valence-electron chi connectivity index (χ1n) is 7.83. The van der Waals surface area contributed by atoms with Crippen LogP contribution in [0.3, 0.4) is 0 Å². The zero-order valence-electron chi connectivity index (χ0n) is 12.1. The van der Waals surface area contributed by atoms with Crippen molar-refractivity contribution in [3.05, 3.63) is 35.4 Å². The number of benzene rings is 1. The van der Waals surface area contributed by atoms with Crippen LogP contribution in [0, 0.1) is 0 Å². The van der Waals surface area contributed by atoms with E-state index in [1.807, 2.05) is 0 Å². The standard InChI is InChI=1S/C17H26N2/c1-2-19-12-8-15(9-13-19)14-4-6-16(7-5-14)17(18)10-3-11-17/h4-7,15H,2-3,8-13,18H2,1H3. The fourth-order valence-corrected chi connectivity index (χ4v) is 3.52. The summed E-state index contributed by atoms with van der Waals surface area (Å²) in [5.74, 6) is 0.756. The highest BCUT2D eigenvalue weighted by molar-refractivity contribution is 5.31. The van der Waals surface area contributed by atoms with Crippen LogP contribution in [0.1, 0.15) is 56.1 Å². The van der Waals surface area contributed by atoms with Crippen molar-refractivity contribution >= 4 is 0 Å². The van der Waals surface area contributed by atoms with Crippen LogP contribution in [0.15, 0.2) is 24.3 Å². The van der Waals surface area contributed by atoms with Gasteiger partial charge >= 0.3 is 0 Å². The van der Waals surface area contributed by atoms with Gasteiger partial charge in [-0.1, -0.05) is 31.2 Å². The van der Waals surface area contributed by atoms with E-state index in [4.69, 9.17) is 5.73 Å². The van der Waals surface area contributed by atoms with E-state index in [0.717, 1.165) is 18.8 Å². The maximum absolute atomic E-state index is 6.38. The smallest absolute Gasteiger partial charge is 0.0409 e. The molecule has 2 fully saturated rings. The van der Waals surface area contributed by atoms with Crippen LogP contribution in [0.5, 0.6) is 0 Å². The van der Waals surface area contributed by atoms with E-state index in [1.165, 1.54) is 50.0 Å². The second kappa shape index (κ2) is 5.26. The van der Waals surface area contributed by atoms with Gasteiger partial charge in [0.15, 0.2) is 0 Å². The highest BCUT2D eigenvalue weighted by Crippen LogP contribution is 2.39. The Bertz CT molecular complexity index is 411. The number of piperidine rings is 1. The normalized spacial score (nSPS) is 24.1. The molecule has 0 unspecified atom stereocenters. The molecule has 1 saturated heterocycles. The van der Waals surface area contributed by atoms with Gasteiger partial charge < -0.3 is 10.6 Å². The Kier molecular flexibility index (Phi) is 3.64. The summed E-state index contributed by atoms with van der Waals surface area (Å²) in [5.41, 5.74) is 9.23. The summed E-state index contributed by atoms with van der Waals surface area (Å²) in [6.45, 7) is 5.96. The molecule has 2 N–H and O–H groups in total. The van der Waals surface area contributed by atoms with E-state index in [9.17, 15) is 0 Å². The average molecular weight is 258 g/mol. The fourth-order valence-electron chi connectivity index (χ4n) is 3.52. The van der Waals surface area contributed by atoms with E-state index in [0.29, 0.717) is 0 Å². The second-order valence-corrected chi connectivity index (χ2v) is 6.34. The molecule has 0 spiro atoms. The van der Waals surface area contributed by atoms with E-state index in [-0.39, 0.29) is 5.54 Å². The van der Waals surface area contributed by atoms with Gasteiger partial charge in [-0.15, -0.1) is 0 Å². The largest absolute Gasteiger partial charge is 0.321 e. The third-order valence-corrected chi connectivity index (χ3v) is 5.24. The number of nitrogens with zero attached hydrogens (tertiary/aromatic N) is 1. The lowest BCUT2D eigenvalue weighted by Gasteiger charge is -2.39. The molecule has 0 radical (unpaired) electrons. The van der Waals surface area contributed by atoms with Crippen LogP contribution in [0.4, 0.5) is 0 Å². The maximum atomic E-state index is 6.38. The van der Waals surface area contributed by atoms with E-state index in [1.54, 1.807) is 0 Å². The van der Waals surface area contributed by atoms with Crippen LogP contribution in [0.25, 0.3) is 0 Å². The summed E-state index contributed by atoms with van der Waals surface area (Å²) >= 11 is 0. The summed E-state index contributed by atoms with van der Waals surface area (Å²) in [4.78, 5) is 2.55. The number of hydrogen-bond donors (Lipinski definition) is 1. The highest BCUT2D eigenvalue weighted by atomic mass is 15.1. The van der Waals surface area contributed by atoms with Gasteiger partial charge in [0, 0.05) is 5.54 Å². The summed E-state index contributed by atoms with van der Waals surface area (Å²) in [6, 6.07) is 9.21. The zero-order chi connectivity index (χ0) is 13.3. The first-order valence-corrected chi connectivity index (χ1v) is 7.83. The third-order valence-electron chi connectivity index (χ3n) is 5.24. The van der Waals surface area contributed by atoms with Crippen molar-refractivity contribution in [3.8, 4) is 0 Å². The molecular formula is C17H26N2. The monoisotopic (exact) mass is 258 g/mol. The molecule has 1 aliphatic heterocycles. The number of rotatable bonds is 3. The molecule has 2 heteroatoms. The SMILES string of the molecule is CCN1CCC(c2ccc(C3(N)CCC3)cc2)CC1. The minimum absolute atomic E-state index is 0.00982. The molecule has 104 valence electrons. The Balaban J connectivity index is 1.66. The number of hydrogen-bond acceptors (Lipinski definition) is 2. The van der Waals surface area contributed by atoms with Crippen LogP contribution in [0.2, 0.25) is 0 Å². The molecule has 3 rings (SSSR count). The molecule has 2 aliphatic rings. The molecule has 0 atom stereocenters. The number of nitrogens with two attached hydrogens (primary N) is 1. The summed E-state index contributed by atoms with van der Waals surface area (Å²) in [6.07, 6.45) is 6.21. The fraction of sp³-hybridized carbons (Fsp3) is 0.647. The second-order valence-electron chi connectivity index (χ2n) is 6.34. The minimum Gasteiger partial charge on any atom is -0.321 e. The van der Waals surface area contributed by atoms with Crippen molar-refractivity contribution in [3.63, 3.8) is 0 Å². The van der Waals surface area contributed by atoms with Crippen molar-refractivity contribution in [2.45, 2.75) is 50.5 Å². The summed E-state index contributed by atoms with van der Waals surface area (Å²) in [7, 11) is 0. The van der Waals surface area contributed by atoms with Gasteiger partial charge in [-0.2, -0.15) is 0 Å². The van der Waals surface area contributed by atoms with Gasteiger partial charge in [-0.25, -0.2) is 0 Å². The Morgan fingerprint density at radius 1 is 1.16 bits per heavy atom. The lowest BCUT2D eigenvalue weighted by molar-refractivity contribution is 0.222. The lowest BCUT2D eigenvalue weighted by Crippen LogP contribution is -2.43. The minimum atomic E-state index is -0.00982. The van der Waals surface area contributed by atoms with Gasteiger partial charge in [0.05, 0.1) is 0 Å². The molecule has 1 aliphatic carbocycles. The molecule has 0 aromatic heterocycles. The predicted molar refractivity (Wildman–Crippen MR) is 80.2 cm³/mol. The summed E-state index contributed by atoms with van der Waals surface area (Å²) < 4.78 is 0. The van der Waals surface area contributed by atoms with Crippen molar-refractivity contribution in [2.75, 3.05) is 19.6 Å². The van der Waals surface area contributed by atoms with E-state index in [2.05, 4.69) is 36.1 Å². The topological polar surface area (TPSA) is 29.3 Å². The molecule has 19 heavy (non-hydrogen) atoms. The molecule has 2 nitrogen and oxygen atoms in total. The average Bonchev–Trinajstić information content (AvgIpc) is 2.45. The molecule has 0 bridgehead atoms. The van der Waals surface area contributed by atoms with Crippen molar-refractivity contribution < 1.29 is 0 Å². The lowest BCUT2D eigenvalue weighted by atomic mass is 9.72. The van der Waals surface area contributed by atoms with Crippen molar-refractivity contribution in [2.24, 2.45) is 5.73 Å². The number of likely N-dealkylation sites (tertiary alicyclic amines) is 1. The Hall–Kier alpha value is -0.860. The molecule has 1 heterocycles. The van der Waals surface area contributed by atoms with Gasteiger partial charge in [-0.05, 0) is 68.8 Å². The maximum Gasteiger partial charge on any atom is 0.0409 e. The Morgan fingerprint density at radius 2 is 1.79 bits per heavy atom. The molecule has 1 aromatic rings. The zero-order valence-corrected chi connectivity index (χ0v) is 12.1. The predicted octanol–water partition coefficient (Wildman–Crippen LogP) is 3.22. The third kappa shape index (κ3) is 2.56. The summed E-state index contributed by atoms with van der Waals surface area (Å²) in [5, 5.41) is 0. The van der Waals surface area contributed by atoms with Gasteiger partial charge in [0.25, 0.3) is 0 Å². The van der Waals surface area contributed by atoms with Gasteiger partial charge in [-0.3, -0.25) is 0 Å². The molecule has 1 aromatic carbocycles. The van der Waals surface area contributed by atoms with Gasteiger partial charge in [0.1, 0.15) is 0 Å². The Labute approximate surface area is 117 Å². The van der Waals surface area contributed by atoms with Crippen LogP contribution >= 0.6 is 0 Å². The van der Waals surface area contributed by atoms with Gasteiger partial charge in [0.2, 0.25) is 0 Å². The first kappa shape index (κ1) is 13.1. The van der Waals surface area contributed by atoms with Crippen LogP contribution in [-0.2, 0) is 5.54 Å². The van der Waals surface area contributed by atoms with E-state index < -0.39 is 0 Å². The molecule has 1 saturated carbocycles. The van der Waals surface area contributed by atoms with Crippen LogP contribution in [-0.4, -0.2) is 24.5 Å². The van der Waals surface area contributed by atoms with E-state index >= 15 is 0 Å². The first-order chi connectivity index (χ1) is 9.21.